The monoisotopic (exact) mass is 289 g/mol. The summed E-state index contributed by atoms with van der Waals surface area (Å²) in [5.74, 6) is 0.787. The normalized spacial score (nSPS) is 22.5. The molecule has 0 aliphatic carbocycles. The molecule has 1 aromatic heterocycles. The van der Waals surface area contributed by atoms with Gasteiger partial charge in [0.2, 0.25) is 0 Å². The molecule has 2 heterocycles. The smallest absolute Gasteiger partial charge is 0.151 e. The van der Waals surface area contributed by atoms with Crippen LogP contribution in [0.2, 0.25) is 0 Å². The number of hydrogen-bond acceptors (Lipinski definition) is 2. The van der Waals surface area contributed by atoms with Crippen molar-refractivity contribution in [3.63, 3.8) is 0 Å². The van der Waals surface area contributed by atoms with Gasteiger partial charge in [-0.15, -0.1) is 0 Å². The van der Waals surface area contributed by atoms with Crippen LogP contribution in [0.15, 0.2) is 18.2 Å². The van der Waals surface area contributed by atoms with Gasteiger partial charge in [0.1, 0.15) is 11.3 Å². The van der Waals surface area contributed by atoms with Gasteiger partial charge in [0.05, 0.1) is 11.1 Å². The summed E-state index contributed by atoms with van der Waals surface area (Å²) in [6, 6.07) is 5.52. The lowest BCUT2D eigenvalue weighted by atomic mass is 9.90. The Morgan fingerprint density at radius 3 is 2.86 bits per heavy atom. The number of aromatic nitrogens is 2. The van der Waals surface area contributed by atoms with Crippen LogP contribution in [0.1, 0.15) is 58.3 Å². The molecule has 21 heavy (non-hydrogen) atoms. The number of halogens is 1. The van der Waals surface area contributed by atoms with Crippen molar-refractivity contribution in [2.45, 2.75) is 58.0 Å². The van der Waals surface area contributed by atoms with E-state index >= 15 is 0 Å². The van der Waals surface area contributed by atoms with E-state index in [2.05, 4.69) is 30.7 Å². The van der Waals surface area contributed by atoms with Crippen molar-refractivity contribution in [3.8, 4) is 0 Å². The molecule has 0 amide bonds. The second kappa shape index (κ2) is 5.41. The number of nitrogens with one attached hydrogen (secondary N) is 1. The van der Waals surface area contributed by atoms with Crippen LogP contribution in [-0.2, 0) is 5.54 Å². The van der Waals surface area contributed by atoms with Crippen molar-refractivity contribution >= 4 is 11.0 Å². The topological polar surface area (TPSA) is 29.9 Å². The van der Waals surface area contributed by atoms with Crippen molar-refractivity contribution in [1.82, 2.24) is 14.9 Å². The van der Waals surface area contributed by atoms with Gasteiger partial charge in [-0.05, 0) is 51.8 Å². The van der Waals surface area contributed by atoms with E-state index in [-0.39, 0.29) is 17.4 Å². The number of hydrogen-bond donors (Lipinski definition) is 1. The second-order valence-corrected chi connectivity index (χ2v) is 6.37. The minimum atomic E-state index is -0.224. The average molecular weight is 289 g/mol. The molecule has 0 spiro atoms. The molecule has 4 heteroatoms. The molecule has 1 unspecified atom stereocenters. The van der Waals surface area contributed by atoms with Crippen LogP contribution in [0.4, 0.5) is 4.39 Å². The van der Waals surface area contributed by atoms with Crippen LogP contribution >= 0.6 is 0 Å². The molecule has 1 aliphatic heterocycles. The Bertz CT molecular complexity index is 639. The first-order chi connectivity index (χ1) is 10.1. The van der Waals surface area contributed by atoms with Crippen LogP contribution in [0.25, 0.3) is 11.0 Å². The summed E-state index contributed by atoms with van der Waals surface area (Å²) in [5.41, 5.74) is 1.32. The van der Waals surface area contributed by atoms with Gasteiger partial charge in [0.15, 0.2) is 5.82 Å². The van der Waals surface area contributed by atoms with E-state index in [1.165, 1.54) is 6.07 Å². The van der Waals surface area contributed by atoms with Gasteiger partial charge in [0, 0.05) is 6.04 Å². The summed E-state index contributed by atoms with van der Waals surface area (Å²) < 4.78 is 16.4. The number of nitrogens with zero attached hydrogens (tertiary/aromatic N) is 2. The Kier molecular flexibility index (Phi) is 3.74. The van der Waals surface area contributed by atoms with Crippen molar-refractivity contribution < 1.29 is 4.39 Å². The van der Waals surface area contributed by atoms with Gasteiger partial charge >= 0.3 is 0 Å². The van der Waals surface area contributed by atoms with Gasteiger partial charge in [0.25, 0.3) is 0 Å². The van der Waals surface area contributed by atoms with E-state index < -0.39 is 0 Å². The highest BCUT2D eigenvalue weighted by Crippen LogP contribution is 2.38. The van der Waals surface area contributed by atoms with Gasteiger partial charge in [-0.3, -0.25) is 0 Å². The number of para-hydroxylation sites is 1. The van der Waals surface area contributed by atoms with Crippen LogP contribution in [0.3, 0.4) is 0 Å². The Morgan fingerprint density at radius 2 is 2.24 bits per heavy atom. The minimum absolute atomic E-state index is 0.0928. The predicted octanol–water partition coefficient (Wildman–Crippen LogP) is 4.14. The Hall–Kier alpha value is -1.42. The Labute approximate surface area is 125 Å². The van der Waals surface area contributed by atoms with Gasteiger partial charge in [-0.2, -0.15) is 0 Å². The molecule has 1 saturated heterocycles. The van der Waals surface area contributed by atoms with Crippen molar-refractivity contribution in [2.24, 2.45) is 0 Å². The molecule has 0 bridgehead atoms. The third kappa shape index (κ3) is 2.26. The summed E-state index contributed by atoms with van der Waals surface area (Å²) >= 11 is 0. The van der Waals surface area contributed by atoms with E-state index in [1.807, 2.05) is 6.07 Å². The molecule has 1 atom stereocenters. The SMILES string of the molecule is CCCC1(c2nc3c(F)cccc3n2C(C)C)CCCN1. The fourth-order valence-corrected chi connectivity index (χ4v) is 3.69. The third-order valence-corrected chi connectivity index (χ3v) is 4.54. The molecular weight excluding hydrogens is 265 g/mol. The van der Waals surface area contributed by atoms with E-state index in [1.54, 1.807) is 6.07 Å². The molecule has 1 aromatic carbocycles. The molecule has 1 N–H and O–H groups in total. The van der Waals surface area contributed by atoms with E-state index in [0.29, 0.717) is 5.52 Å². The van der Waals surface area contributed by atoms with Crippen LogP contribution in [-0.4, -0.2) is 16.1 Å². The Morgan fingerprint density at radius 1 is 1.43 bits per heavy atom. The maximum absolute atomic E-state index is 14.1. The van der Waals surface area contributed by atoms with Gasteiger partial charge in [-0.25, -0.2) is 9.37 Å². The van der Waals surface area contributed by atoms with E-state index in [9.17, 15) is 4.39 Å². The lowest BCUT2D eigenvalue weighted by Gasteiger charge is -2.30. The number of rotatable bonds is 4. The third-order valence-electron chi connectivity index (χ3n) is 4.54. The summed E-state index contributed by atoms with van der Waals surface area (Å²) in [4.78, 5) is 4.73. The first-order valence-electron chi connectivity index (χ1n) is 8.01. The Balaban J connectivity index is 2.26. The average Bonchev–Trinajstić information content (AvgIpc) is 3.04. The highest BCUT2D eigenvalue weighted by molar-refractivity contribution is 5.77. The first kappa shape index (κ1) is 14.5. The largest absolute Gasteiger partial charge is 0.324 e. The fourth-order valence-electron chi connectivity index (χ4n) is 3.69. The summed E-state index contributed by atoms with van der Waals surface area (Å²) in [5, 5.41) is 3.66. The molecule has 0 saturated carbocycles. The van der Waals surface area contributed by atoms with Crippen LogP contribution in [0.5, 0.6) is 0 Å². The molecule has 3 rings (SSSR count). The molecule has 2 aromatic rings. The van der Waals surface area contributed by atoms with E-state index in [4.69, 9.17) is 4.98 Å². The lowest BCUT2D eigenvalue weighted by molar-refractivity contribution is 0.316. The predicted molar refractivity (Wildman–Crippen MR) is 83.9 cm³/mol. The maximum atomic E-state index is 14.1. The lowest BCUT2D eigenvalue weighted by Crippen LogP contribution is -2.39. The van der Waals surface area contributed by atoms with Crippen LogP contribution < -0.4 is 5.32 Å². The second-order valence-electron chi connectivity index (χ2n) is 6.37. The highest BCUT2D eigenvalue weighted by Gasteiger charge is 2.39. The number of fused-ring (bicyclic) bond motifs is 1. The van der Waals surface area contributed by atoms with Gasteiger partial charge < -0.3 is 9.88 Å². The van der Waals surface area contributed by atoms with Gasteiger partial charge in [-0.1, -0.05) is 19.4 Å². The molecule has 3 nitrogen and oxygen atoms in total. The standard InChI is InChI=1S/C17H24FN3/c1-4-9-17(10-6-11-19-17)16-20-15-13(18)7-5-8-14(15)21(16)12(2)3/h5,7-8,12,19H,4,6,9-11H2,1-3H3. The number of imidazole rings is 1. The van der Waals surface area contributed by atoms with Crippen molar-refractivity contribution in [2.75, 3.05) is 6.54 Å². The quantitative estimate of drug-likeness (QED) is 0.917. The highest BCUT2D eigenvalue weighted by atomic mass is 19.1. The van der Waals surface area contributed by atoms with Crippen molar-refractivity contribution in [1.29, 1.82) is 0 Å². The molecule has 0 radical (unpaired) electrons. The first-order valence-corrected chi connectivity index (χ1v) is 8.01. The minimum Gasteiger partial charge on any atom is -0.324 e. The zero-order valence-electron chi connectivity index (χ0n) is 13.1. The summed E-state index contributed by atoms with van der Waals surface area (Å²) in [6.07, 6.45) is 4.38. The summed E-state index contributed by atoms with van der Waals surface area (Å²) in [7, 11) is 0. The summed E-state index contributed by atoms with van der Waals surface area (Å²) in [6.45, 7) is 7.50. The fraction of sp³-hybridized carbons (Fsp3) is 0.588. The molecule has 1 aliphatic rings. The molecule has 114 valence electrons. The zero-order chi connectivity index (χ0) is 15.0. The molecular formula is C17H24FN3. The number of benzene rings is 1. The van der Waals surface area contributed by atoms with Crippen molar-refractivity contribution in [3.05, 3.63) is 29.8 Å². The molecule has 1 fully saturated rings. The maximum Gasteiger partial charge on any atom is 0.151 e. The van der Waals surface area contributed by atoms with Crippen LogP contribution in [0, 0.1) is 5.82 Å². The van der Waals surface area contributed by atoms with E-state index in [0.717, 1.165) is 43.6 Å². The zero-order valence-corrected chi connectivity index (χ0v) is 13.1.